The van der Waals surface area contributed by atoms with Crippen LogP contribution in [0.5, 0.6) is 0 Å². The molecule has 1 fully saturated rings. The molecule has 0 aromatic heterocycles. The molecular weight excluding hydrogens is 316 g/mol. The average molecular weight is 335 g/mol. The van der Waals surface area contributed by atoms with Crippen LogP contribution in [0.3, 0.4) is 0 Å². The lowest BCUT2D eigenvalue weighted by Gasteiger charge is -2.30. The van der Waals surface area contributed by atoms with E-state index in [0.29, 0.717) is 24.5 Å². The molecule has 2 aliphatic rings. The average Bonchev–Trinajstić information content (AvgIpc) is 2.79. The molecular formula is C16H19N2O4S+. The van der Waals surface area contributed by atoms with Crippen molar-refractivity contribution in [2.45, 2.75) is 12.2 Å². The van der Waals surface area contributed by atoms with E-state index in [1.54, 1.807) is 17.8 Å². The minimum absolute atomic E-state index is 0.213. The Kier molecular flexibility index (Phi) is 4.41. The molecule has 7 heteroatoms. The number of carbonyl (C=O) groups excluding carboxylic acids is 3. The summed E-state index contributed by atoms with van der Waals surface area (Å²) >= 11 is 1.58. The van der Waals surface area contributed by atoms with Crippen LogP contribution in [-0.2, 0) is 14.3 Å². The number of nitrogens with one attached hydrogen (secondary N) is 1. The van der Waals surface area contributed by atoms with Crippen LogP contribution in [0.15, 0.2) is 18.2 Å². The summed E-state index contributed by atoms with van der Waals surface area (Å²) in [5, 5.41) is -0.213. The lowest BCUT2D eigenvalue weighted by atomic mass is 10.1. The van der Waals surface area contributed by atoms with Crippen LogP contribution in [0, 0.1) is 6.92 Å². The van der Waals surface area contributed by atoms with E-state index in [2.05, 4.69) is 0 Å². The Morgan fingerprint density at radius 2 is 2.22 bits per heavy atom. The first-order valence-electron chi connectivity index (χ1n) is 7.51. The molecule has 23 heavy (non-hydrogen) atoms. The van der Waals surface area contributed by atoms with Crippen molar-refractivity contribution < 1.29 is 24.0 Å². The van der Waals surface area contributed by atoms with Gasteiger partial charge in [0.15, 0.2) is 11.9 Å². The van der Waals surface area contributed by atoms with E-state index in [0.717, 1.165) is 22.8 Å². The maximum Gasteiger partial charge on any atom is 0.324 e. The number of rotatable bonds is 3. The third-order valence-electron chi connectivity index (χ3n) is 4.22. The predicted molar refractivity (Wildman–Crippen MR) is 86.8 cm³/mol. The Morgan fingerprint density at radius 3 is 2.96 bits per heavy atom. The summed E-state index contributed by atoms with van der Waals surface area (Å²) in [4.78, 5) is 38.8. The third-order valence-corrected chi connectivity index (χ3v) is 5.42. The highest BCUT2D eigenvalue weighted by Gasteiger charge is 2.39. The molecule has 2 heterocycles. The number of quaternary nitrogens is 1. The summed E-state index contributed by atoms with van der Waals surface area (Å²) in [6.45, 7) is 3.73. The number of ether oxygens (including phenoxy) is 1. The summed E-state index contributed by atoms with van der Waals surface area (Å²) in [5.41, 5.74) is 2.11. The molecule has 6 nitrogen and oxygen atoms in total. The van der Waals surface area contributed by atoms with Gasteiger partial charge in [0, 0.05) is 5.75 Å². The van der Waals surface area contributed by atoms with E-state index in [-0.39, 0.29) is 11.2 Å². The highest BCUT2D eigenvalue weighted by Crippen LogP contribution is 2.28. The second-order valence-corrected chi connectivity index (χ2v) is 7.14. The molecule has 3 rings (SSSR count). The van der Waals surface area contributed by atoms with Crippen molar-refractivity contribution in [2.24, 2.45) is 0 Å². The highest BCUT2D eigenvalue weighted by atomic mass is 32.2. The molecule has 0 aliphatic carbocycles. The standard InChI is InChI=1S/C16H18N2O4S/c1-10-3-4-12-11(7-10)14(19)15(20)18(12)9-17-5-6-23-13(8-17)16(21)22-2/h3-4,7,13H,5-6,8-9H2,1-2H3/p+1/t13-/m1/s1. The number of esters is 1. The molecule has 2 atom stereocenters. The molecule has 0 bridgehead atoms. The van der Waals surface area contributed by atoms with Gasteiger partial charge in [-0.25, -0.2) is 0 Å². The maximum atomic E-state index is 12.3. The van der Waals surface area contributed by atoms with Crippen LogP contribution < -0.4 is 9.80 Å². The van der Waals surface area contributed by atoms with Crippen LogP contribution in [0.2, 0.25) is 0 Å². The number of fused-ring (bicyclic) bond motifs is 1. The Bertz CT molecular complexity index is 676. The highest BCUT2D eigenvalue weighted by molar-refractivity contribution is 8.00. The van der Waals surface area contributed by atoms with Crippen LogP contribution in [-0.4, -0.2) is 55.5 Å². The van der Waals surface area contributed by atoms with E-state index in [1.807, 2.05) is 19.1 Å². The van der Waals surface area contributed by atoms with Gasteiger partial charge in [0.1, 0.15) is 6.54 Å². The quantitative estimate of drug-likeness (QED) is 0.604. The summed E-state index contributed by atoms with van der Waals surface area (Å²) in [5.74, 6) is -0.330. The van der Waals surface area contributed by atoms with Crippen molar-refractivity contribution in [1.29, 1.82) is 0 Å². The van der Waals surface area contributed by atoms with Crippen LogP contribution in [0.1, 0.15) is 15.9 Å². The topological polar surface area (TPSA) is 68.1 Å². The molecule has 1 aromatic carbocycles. The Labute approximate surface area is 138 Å². The van der Waals surface area contributed by atoms with E-state index in [1.165, 1.54) is 12.0 Å². The third kappa shape index (κ3) is 2.98. The lowest BCUT2D eigenvalue weighted by Crippen LogP contribution is -3.16. The molecule has 1 unspecified atom stereocenters. The summed E-state index contributed by atoms with van der Waals surface area (Å²) in [7, 11) is 1.39. The van der Waals surface area contributed by atoms with Crippen molar-refractivity contribution in [1.82, 2.24) is 0 Å². The fourth-order valence-electron chi connectivity index (χ4n) is 2.99. The van der Waals surface area contributed by atoms with Crippen molar-refractivity contribution >= 4 is 35.1 Å². The molecule has 0 radical (unpaired) electrons. The zero-order valence-corrected chi connectivity index (χ0v) is 13.9. The SMILES string of the molecule is COC(=O)[C@H]1C[NH+](CN2C(=O)C(=O)c3cc(C)ccc32)CCS1. The van der Waals surface area contributed by atoms with Crippen molar-refractivity contribution in [3.05, 3.63) is 29.3 Å². The number of amides is 1. The largest absolute Gasteiger partial charge is 0.468 e. The summed E-state index contributed by atoms with van der Waals surface area (Å²) in [6.07, 6.45) is 0. The van der Waals surface area contributed by atoms with Crippen molar-refractivity contribution in [3.63, 3.8) is 0 Å². The van der Waals surface area contributed by atoms with E-state index in [4.69, 9.17) is 4.74 Å². The Morgan fingerprint density at radius 1 is 1.43 bits per heavy atom. The number of methoxy groups -OCH3 is 1. The van der Waals surface area contributed by atoms with Gasteiger partial charge >= 0.3 is 11.9 Å². The first-order valence-corrected chi connectivity index (χ1v) is 8.56. The van der Waals surface area contributed by atoms with Crippen LogP contribution >= 0.6 is 11.8 Å². The monoisotopic (exact) mass is 335 g/mol. The first kappa shape index (κ1) is 16.0. The molecule has 0 spiro atoms. The van der Waals surface area contributed by atoms with E-state index < -0.39 is 11.7 Å². The second-order valence-electron chi connectivity index (χ2n) is 5.83. The van der Waals surface area contributed by atoms with Gasteiger partial charge in [0.25, 0.3) is 5.78 Å². The maximum absolute atomic E-state index is 12.3. The minimum atomic E-state index is -0.481. The van der Waals surface area contributed by atoms with Gasteiger partial charge in [-0.05, 0) is 19.1 Å². The number of anilines is 1. The second kappa shape index (κ2) is 6.33. The molecule has 0 saturated carbocycles. The first-order chi connectivity index (χ1) is 11.0. The zero-order chi connectivity index (χ0) is 16.6. The number of nitrogens with zero attached hydrogens (tertiary/aromatic N) is 1. The lowest BCUT2D eigenvalue weighted by molar-refractivity contribution is -0.896. The number of Topliss-reactive ketones (excluding diaryl/α,β-unsaturated/α-hetero) is 1. The van der Waals surface area contributed by atoms with Gasteiger partial charge in [-0.15, -0.1) is 11.8 Å². The van der Waals surface area contributed by atoms with Gasteiger partial charge in [-0.2, -0.15) is 0 Å². The fraction of sp³-hybridized carbons (Fsp3) is 0.438. The van der Waals surface area contributed by atoms with Gasteiger partial charge in [0.2, 0.25) is 0 Å². The molecule has 1 N–H and O–H groups in total. The van der Waals surface area contributed by atoms with E-state index in [9.17, 15) is 14.4 Å². The van der Waals surface area contributed by atoms with Gasteiger partial charge in [0.05, 0.1) is 24.9 Å². The fourth-order valence-corrected chi connectivity index (χ4v) is 4.27. The minimum Gasteiger partial charge on any atom is -0.468 e. The summed E-state index contributed by atoms with van der Waals surface area (Å²) in [6, 6.07) is 5.48. The number of hydrogen-bond donors (Lipinski definition) is 1. The Balaban J connectivity index is 1.77. The van der Waals surface area contributed by atoms with E-state index >= 15 is 0 Å². The zero-order valence-electron chi connectivity index (χ0n) is 13.1. The van der Waals surface area contributed by atoms with Gasteiger partial charge in [-0.3, -0.25) is 19.3 Å². The number of carbonyl (C=O) groups is 3. The van der Waals surface area contributed by atoms with Crippen LogP contribution in [0.25, 0.3) is 0 Å². The smallest absolute Gasteiger partial charge is 0.324 e. The predicted octanol–water partition coefficient (Wildman–Crippen LogP) is -0.345. The van der Waals surface area contributed by atoms with Crippen molar-refractivity contribution in [2.75, 3.05) is 37.5 Å². The summed E-state index contributed by atoms with van der Waals surface area (Å²) < 4.78 is 4.81. The number of benzene rings is 1. The molecule has 1 saturated heterocycles. The van der Waals surface area contributed by atoms with Gasteiger partial charge < -0.3 is 9.64 Å². The molecule has 1 amide bonds. The molecule has 1 aromatic rings. The van der Waals surface area contributed by atoms with Gasteiger partial charge in [-0.1, -0.05) is 11.6 Å². The number of hydrogen-bond acceptors (Lipinski definition) is 5. The normalized spacial score (nSPS) is 23.8. The number of thioether (sulfide) groups is 1. The number of ketones is 1. The molecule has 122 valence electrons. The Hall–Kier alpha value is -1.86. The van der Waals surface area contributed by atoms with Crippen LogP contribution in [0.4, 0.5) is 5.69 Å². The van der Waals surface area contributed by atoms with Crippen molar-refractivity contribution in [3.8, 4) is 0 Å². The molecule has 2 aliphatic heterocycles. The number of aryl methyl sites for hydroxylation is 1.